The predicted octanol–water partition coefficient (Wildman–Crippen LogP) is 8.10. The molecule has 0 amide bonds. The second kappa shape index (κ2) is 11.9. The summed E-state index contributed by atoms with van der Waals surface area (Å²) in [6, 6.07) is 11.0. The minimum Gasteiger partial charge on any atom is -0.481 e. The molecule has 0 saturated heterocycles. The van der Waals surface area contributed by atoms with Crippen LogP contribution >= 0.6 is 23.5 Å². The molecular formula is C28H38FNO3S2. The van der Waals surface area contributed by atoms with Crippen molar-refractivity contribution in [3.05, 3.63) is 42.2 Å². The smallest absolute Gasteiger partial charge is 0.344 e. The zero-order valence-corrected chi connectivity index (χ0v) is 23.4. The molecule has 0 fully saturated rings. The summed E-state index contributed by atoms with van der Waals surface area (Å²) in [4.78, 5) is 16.7. The van der Waals surface area contributed by atoms with Crippen LogP contribution in [0.3, 0.4) is 0 Å². The summed E-state index contributed by atoms with van der Waals surface area (Å²) >= 11 is 3.44. The first-order chi connectivity index (χ1) is 16.6. The molecular weight excluding hydrogens is 481 g/mol. The molecule has 1 aliphatic heterocycles. The summed E-state index contributed by atoms with van der Waals surface area (Å²) in [6.07, 6.45) is 6.57. The Morgan fingerprint density at radius 1 is 1.20 bits per heavy atom. The molecule has 0 spiro atoms. The number of anilines is 2. The van der Waals surface area contributed by atoms with Crippen LogP contribution < -0.4 is 9.64 Å². The molecule has 35 heavy (non-hydrogen) atoms. The van der Waals surface area contributed by atoms with Gasteiger partial charge in [-0.2, -0.15) is 0 Å². The highest BCUT2D eigenvalue weighted by atomic mass is 32.2. The first-order valence-electron chi connectivity index (χ1n) is 12.3. The van der Waals surface area contributed by atoms with Crippen molar-refractivity contribution in [2.75, 3.05) is 30.1 Å². The lowest BCUT2D eigenvalue weighted by atomic mass is 9.81. The summed E-state index contributed by atoms with van der Waals surface area (Å²) in [6.45, 7) is 10.8. The Hall–Kier alpha value is -1.86. The van der Waals surface area contributed by atoms with E-state index in [9.17, 15) is 9.18 Å². The average molecular weight is 520 g/mol. The molecule has 0 radical (unpaired) electrons. The number of benzene rings is 2. The Morgan fingerprint density at radius 3 is 2.51 bits per heavy atom. The van der Waals surface area contributed by atoms with E-state index in [2.05, 4.69) is 30.9 Å². The van der Waals surface area contributed by atoms with Crippen LogP contribution in [0.1, 0.15) is 60.3 Å². The van der Waals surface area contributed by atoms with Crippen LogP contribution in [0.2, 0.25) is 0 Å². The van der Waals surface area contributed by atoms with Gasteiger partial charge in [0.1, 0.15) is 17.2 Å². The number of carbonyl (C=O) groups excluding carboxylic acids is 1. The van der Waals surface area contributed by atoms with Gasteiger partial charge in [0.2, 0.25) is 0 Å². The number of halogens is 1. The highest BCUT2D eigenvalue weighted by Crippen LogP contribution is 2.49. The number of ether oxygens (including phenoxy) is 2. The molecule has 0 saturated carbocycles. The van der Waals surface area contributed by atoms with Crippen molar-refractivity contribution >= 4 is 40.9 Å². The molecule has 3 rings (SSSR count). The molecule has 0 aromatic heterocycles. The summed E-state index contributed by atoms with van der Waals surface area (Å²) < 4.78 is 25.1. The van der Waals surface area contributed by atoms with Crippen molar-refractivity contribution in [2.45, 2.75) is 75.7 Å². The SMILES string of the molecule is CCCCC1(CC)CSc2cc(OCC(=O)OC(C)(C)C)c(SC)cc2N(c2ccc(F)cc2)C1. The van der Waals surface area contributed by atoms with Crippen LogP contribution in [0.5, 0.6) is 5.75 Å². The maximum atomic E-state index is 13.8. The molecule has 2 aromatic rings. The van der Waals surface area contributed by atoms with Gasteiger partial charge in [-0.25, -0.2) is 9.18 Å². The summed E-state index contributed by atoms with van der Waals surface area (Å²) in [7, 11) is 0. The van der Waals surface area contributed by atoms with Crippen LogP contribution in [0.15, 0.2) is 46.2 Å². The highest BCUT2D eigenvalue weighted by molar-refractivity contribution is 7.99. The third kappa shape index (κ3) is 7.32. The minimum absolute atomic E-state index is 0.134. The van der Waals surface area contributed by atoms with Crippen molar-refractivity contribution in [3.8, 4) is 5.75 Å². The molecule has 1 aliphatic rings. The van der Waals surface area contributed by atoms with Crippen LogP contribution in [-0.4, -0.2) is 36.7 Å². The Balaban J connectivity index is 1.99. The van der Waals surface area contributed by atoms with Crippen LogP contribution in [0, 0.1) is 11.2 Å². The van der Waals surface area contributed by atoms with Crippen molar-refractivity contribution in [3.63, 3.8) is 0 Å². The fraction of sp³-hybridized carbons (Fsp3) is 0.536. The third-order valence-corrected chi connectivity index (χ3v) is 8.43. The normalized spacial score (nSPS) is 18.1. The highest BCUT2D eigenvalue weighted by Gasteiger charge is 2.35. The largest absolute Gasteiger partial charge is 0.481 e. The van der Waals surface area contributed by atoms with Gasteiger partial charge in [0.25, 0.3) is 0 Å². The molecule has 1 atom stereocenters. The monoisotopic (exact) mass is 519 g/mol. The Morgan fingerprint density at radius 2 is 1.91 bits per heavy atom. The zero-order valence-electron chi connectivity index (χ0n) is 21.8. The number of hydrogen-bond acceptors (Lipinski definition) is 6. The lowest BCUT2D eigenvalue weighted by Gasteiger charge is -2.37. The van der Waals surface area contributed by atoms with E-state index in [-0.39, 0.29) is 23.8 Å². The van der Waals surface area contributed by atoms with E-state index in [0.29, 0.717) is 5.75 Å². The molecule has 1 unspecified atom stereocenters. The van der Waals surface area contributed by atoms with Crippen molar-refractivity contribution < 1.29 is 18.7 Å². The van der Waals surface area contributed by atoms with E-state index in [1.807, 2.05) is 50.9 Å². The number of esters is 1. The number of nitrogens with zero attached hydrogens (tertiary/aromatic N) is 1. The van der Waals surface area contributed by atoms with Gasteiger partial charge in [-0.15, -0.1) is 23.5 Å². The lowest BCUT2D eigenvalue weighted by molar-refractivity contribution is -0.157. The first-order valence-corrected chi connectivity index (χ1v) is 14.5. The Labute approximate surface area is 218 Å². The van der Waals surface area contributed by atoms with E-state index in [1.54, 1.807) is 11.8 Å². The van der Waals surface area contributed by atoms with Gasteiger partial charge in [0.05, 0.1) is 10.6 Å². The summed E-state index contributed by atoms with van der Waals surface area (Å²) in [5.74, 6) is 1.07. The summed E-state index contributed by atoms with van der Waals surface area (Å²) in [5.41, 5.74) is 1.68. The van der Waals surface area contributed by atoms with E-state index in [4.69, 9.17) is 9.47 Å². The predicted molar refractivity (Wildman–Crippen MR) is 146 cm³/mol. The quantitative estimate of drug-likeness (QED) is 0.246. The maximum Gasteiger partial charge on any atom is 0.344 e. The van der Waals surface area contributed by atoms with Crippen LogP contribution in [0.4, 0.5) is 15.8 Å². The van der Waals surface area contributed by atoms with Gasteiger partial charge in [-0.05, 0) is 81.7 Å². The van der Waals surface area contributed by atoms with Crippen molar-refractivity contribution in [1.29, 1.82) is 0 Å². The van der Waals surface area contributed by atoms with Gasteiger partial charge < -0.3 is 14.4 Å². The second-order valence-corrected chi connectivity index (χ2v) is 12.0. The zero-order chi connectivity index (χ0) is 25.6. The number of thioether (sulfide) groups is 2. The molecule has 0 N–H and O–H groups in total. The first kappa shape index (κ1) is 27.7. The second-order valence-electron chi connectivity index (χ2n) is 10.2. The molecule has 7 heteroatoms. The van der Waals surface area contributed by atoms with E-state index < -0.39 is 5.60 Å². The minimum atomic E-state index is -0.552. The average Bonchev–Trinajstić information content (AvgIpc) is 2.97. The van der Waals surface area contributed by atoms with E-state index in [0.717, 1.165) is 52.7 Å². The summed E-state index contributed by atoms with van der Waals surface area (Å²) in [5, 5.41) is 0. The Kier molecular flexibility index (Phi) is 9.44. The maximum absolute atomic E-state index is 13.8. The molecule has 0 aliphatic carbocycles. The number of hydrogen-bond donors (Lipinski definition) is 0. The fourth-order valence-corrected chi connectivity index (χ4v) is 6.24. The molecule has 2 aromatic carbocycles. The number of fused-ring (bicyclic) bond motifs is 1. The van der Waals surface area contributed by atoms with Gasteiger partial charge >= 0.3 is 5.97 Å². The standard InChI is InChI=1S/C28H38FNO3S2/c1-7-9-14-28(8-2)18-30(21-12-10-20(29)11-13-21)22-15-25(34-6)23(16-24(22)35-19-28)32-17-26(31)33-27(3,4)5/h10-13,15-16H,7-9,14,17-19H2,1-6H3. The Bertz CT molecular complexity index is 1010. The van der Waals surface area contributed by atoms with Crippen LogP contribution in [-0.2, 0) is 9.53 Å². The van der Waals surface area contributed by atoms with E-state index in [1.165, 1.54) is 18.6 Å². The molecule has 1 heterocycles. The van der Waals surface area contributed by atoms with Crippen molar-refractivity contribution in [2.24, 2.45) is 5.41 Å². The third-order valence-electron chi connectivity index (χ3n) is 6.28. The van der Waals surface area contributed by atoms with E-state index >= 15 is 0 Å². The number of rotatable bonds is 9. The lowest BCUT2D eigenvalue weighted by Crippen LogP contribution is -2.36. The van der Waals surface area contributed by atoms with Gasteiger partial charge in [-0.3, -0.25) is 0 Å². The van der Waals surface area contributed by atoms with Gasteiger partial charge in [0.15, 0.2) is 6.61 Å². The number of unbranched alkanes of at least 4 members (excludes halogenated alkanes) is 1. The molecule has 192 valence electrons. The topological polar surface area (TPSA) is 38.8 Å². The van der Waals surface area contributed by atoms with Gasteiger partial charge in [-0.1, -0.05) is 26.7 Å². The van der Waals surface area contributed by atoms with Gasteiger partial charge in [0, 0.05) is 22.9 Å². The molecule has 4 nitrogen and oxygen atoms in total. The number of carbonyl (C=O) groups is 1. The fourth-order valence-electron chi connectivity index (χ4n) is 4.28. The molecule has 0 bridgehead atoms. The van der Waals surface area contributed by atoms with Crippen molar-refractivity contribution in [1.82, 2.24) is 0 Å². The van der Waals surface area contributed by atoms with Crippen LogP contribution in [0.25, 0.3) is 0 Å².